The van der Waals surface area contributed by atoms with Gasteiger partial charge in [0.05, 0.1) is 10.5 Å². The van der Waals surface area contributed by atoms with Crippen molar-refractivity contribution in [3.05, 3.63) is 59.2 Å². The van der Waals surface area contributed by atoms with E-state index < -0.39 is 28.0 Å². The Morgan fingerprint density at radius 2 is 1.75 bits per heavy atom. The molecular formula is C20H24N2O5S. The van der Waals surface area contributed by atoms with Crippen LogP contribution in [-0.2, 0) is 19.6 Å². The Hall–Kier alpha value is -2.71. The van der Waals surface area contributed by atoms with Crippen LogP contribution in [0.25, 0.3) is 0 Å². The molecule has 1 N–H and O–H groups in total. The number of hydrogen-bond donors (Lipinski definition) is 1. The number of carbonyl (C=O) groups is 2. The van der Waals surface area contributed by atoms with Crippen molar-refractivity contribution in [2.45, 2.75) is 31.8 Å². The van der Waals surface area contributed by atoms with Gasteiger partial charge in [-0.2, -0.15) is 0 Å². The van der Waals surface area contributed by atoms with Crippen LogP contribution in [0.3, 0.4) is 0 Å². The largest absolute Gasteiger partial charge is 0.449 e. The van der Waals surface area contributed by atoms with Gasteiger partial charge in [0.1, 0.15) is 0 Å². The van der Waals surface area contributed by atoms with Crippen LogP contribution in [0.15, 0.2) is 47.4 Å². The fourth-order valence-electron chi connectivity index (χ4n) is 2.44. The first-order valence-electron chi connectivity index (χ1n) is 8.64. The van der Waals surface area contributed by atoms with Gasteiger partial charge >= 0.3 is 5.97 Å². The third-order valence-corrected chi connectivity index (χ3v) is 5.96. The lowest BCUT2D eigenvalue weighted by molar-refractivity contribution is -0.123. The van der Waals surface area contributed by atoms with Gasteiger partial charge in [-0.3, -0.25) is 4.79 Å². The predicted molar refractivity (Wildman–Crippen MR) is 107 cm³/mol. The van der Waals surface area contributed by atoms with Gasteiger partial charge < -0.3 is 10.1 Å². The molecule has 7 nitrogen and oxygen atoms in total. The van der Waals surface area contributed by atoms with E-state index in [0.717, 1.165) is 9.87 Å². The zero-order valence-corrected chi connectivity index (χ0v) is 17.3. The minimum Gasteiger partial charge on any atom is -0.449 e. The fourth-order valence-corrected chi connectivity index (χ4v) is 3.36. The van der Waals surface area contributed by atoms with Crippen LogP contribution in [0, 0.1) is 13.8 Å². The summed E-state index contributed by atoms with van der Waals surface area (Å²) in [6, 6.07) is 11.5. The maximum atomic E-state index is 12.5. The van der Waals surface area contributed by atoms with Gasteiger partial charge in [-0.15, -0.1) is 0 Å². The number of nitrogens with zero attached hydrogens (tertiary/aromatic N) is 1. The van der Waals surface area contributed by atoms with E-state index >= 15 is 0 Å². The maximum absolute atomic E-state index is 12.5. The molecule has 0 saturated heterocycles. The second-order valence-electron chi connectivity index (χ2n) is 6.67. The Kier molecular flexibility index (Phi) is 6.58. The standard InChI is InChI=1S/C20H24N2O5S/c1-13-7-6-8-16(11-13)21-19(23)15(3)27-20(24)18-12-17(10-9-14(18)2)28(25,26)22(4)5/h6-12,15H,1-5H3,(H,21,23)/t15-/m0/s1. The quantitative estimate of drug-likeness (QED) is 0.748. The molecule has 0 unspecified atom stereocenters. The highest BCUT2D eigenvalue weighted by Crippen LogP contribution is 2.19. The Balaban J connectivity index is 2.16. The van der Waals surface area contributed by atoms with Crippen molar-refractivity contribution < 1.29 is 22.7 Å². The second-order valence-corrected chi connectivity index (χ2v) is 8.82. The van der Waals surface area contributed by atoms with Gasteiger partial charge in [0, 0.05) is 19.8 Å². The number of carbonyl (C=O) groups excluding carboxylic acids is 2. The van der Waals surface area contributed by atoms with Crippen LogP contribution >= 0.6 is 0 Å². The average Bonchev–Trinajstić information content (AvgIpc) is 2.61. The lowest BCUT2D eigenvalue weighted by atomic mass is 10.1. The molecule has 0 radical (unpaired) electrons. The smallest absolute Gasteiger partial charge is 0.339 e. The number of hydrogen-bond acceptors (Lipinski definition) is 5. The summed E-state index contributed by atoms with van der Waals surface area (Å²) in [5.74, 6) is -1.24. The molecule has 2 aromatic rings. The number of aryl methyl sites for hydroxylation is 2. The van der Waals surface area contributed by atoms with E-state index in [1.807, 2.05) is 19.1 Å². The van der Waals surface area contributed by atoms with Crippen molar-refractivity contribution in [3.8, 4) is 0 Å². The summed E-state index contributed by atoms with van der Waals surface area (Å²) >= 11 is 0. The summed E-state index contributed by atoms with van der Waals surface area (Å²) in [6.45, 7) is 5.02. The minimum absolute atomic E-state index is 0.0214. The molecule has 150 valence electrons. The molecule has 0 aliphatic heterocycles. The van der Waals surface area contributed by atoms with Crippen molar-refractivity contribution >= 4 is 27.6 Å². The summed E-state index contributed by atoms with van der Waals surface area (Å²) in [5.41, 5.74) is 2.23. The third kappa shape index (κ3) is 4.96. The Labute approximate surface area is 165 Å². The van der Waals surface area contributed by atoms with Gasteiger partial charge in [0.2, 0.25) is 10.0 Å². The van der Waals surface area contributed by atoms with Gasteiger partial charge in [-0.05, 0) is 56.2 Å². The molecule has 0 aromatic heterocycles. The molecule has 0 heterocycles. The summed E-state index contributed by atoms with van der Waals surface area (Å²) in [6.07, 6.45) is -1.05. The van der Waals surface area contributed by atoms with Crippen LogP contribution in [0.5, 0.6) is 0 Å². The molecule has 2 aromatic carbocycles. The predicted octanol–water partition coefficient (Wildman–Crippen LogP) is 2.74. The number of benzene rings is 2. The number of rotatable bonds is 6. The van der Waals surface area contributed by atoms with E-state index in [2.05, 4.69) is 5.32 Å². The minimum atomic E-state index is -3.69. The van der Waals surface area contributed by atoms with Crippen LogP contribution < -0.4 is 5.32 Å². The first-order chi connectivity index (χ1) is 13.0. The van der Waals surface area contributed by atoms with Gasteiger partial charge in [-0.1, -0.05) is 18.2 Å². The molecule has 8 heteroatoms. The van der Waals surface area contributed by atoms with Gasteiger partial charge in [-0.25, -0.2) is 17.5 Å². The zero-order valence-electron chi connectivity index (χ0n) is 16.5. The molecule has 2 rings (SSSR count). The molecule has 0 fully saturated rings. The van der Waals surface area contributed by atoms with Crippen molar-refractivity contribution in [1.29, 1.82) is 0 Å². The number of anilines is 1. The molecule has 0 bridgehead atoms. The van der Waals surface area contributed by atoms with E-state index in [1.54, 1.807) is 19.1 Å². The van der Waals surface area contributed by atoms with E-state index in [4.69, 9.17) is 4.74 Å². The summed E-state index contributed by atoms with van der Waals surface area (Å²) < 4.78 is 30.9. The Morgan fingerprint density at radius 3 is 2.36 bits per heavy atom. The molecular weight excluding hydrogens is 380 g/mol. The topological polar surface area (TPSA) is 92.8 Å². The van der Waals surface area contributed by atoms with E-state index in [-0.39, 0.29) is 10.5 Å². The van der Waals surface area contributed by atoms with Crippen LogP contribution in [0.4, 0.5) is 5.69 Å². The number of sulfonamides is 1. The summed E-state index contributed by atoms with van der Waals surface area (Å²) in [5, 5.41) is 2.69. The van der Waals surface area contributed by atoms with Crippen LogP contribution in [0.1, 0.15) is 28.4 Å². The van der Waals surface area contributed by atoms with Crippen molar-refractivity contribution in [1.82, 2.24) is 4.31 Å². The number of ether oxygens (including phenoxy) is 1. The molecule has 28 heavy (non-hydrogen) atoms. The van der Waals surface area contributed by atoms with Gasteiger partial charge in [0.25, 0.3) is 5.91 Å². The maximum Gasteiger partial charge on any atom is 0.339 e. The van der Waals surface area contributed by atoms with E-state index in [9.17, 15) is 18.0 Å². The molecule has 0 aliphatic rings. The normalized spacial score (nSPS) is 12.5. The van der Waals surface area contributed by atoms with E-state index in [0.29, 0.717) is 11.3 Å². The summed E-state index contributed by atoms with van der Waals surface area (Å²) in [4.78, 5) is 24.8. The zero-order chi connectivity index (χ0) is 21.1. The van der Waals surface area contributed by atoms with Crippen LogP contribution in [0.2, 0.25) is 0 Å². The lowest BCUT2D eigenvalue weighted by Crippen LogP contribution is -2.30. The first-order valence-corrected chi connectivity index (χ1v) is 10.1. The monoisotopic (exact) mass is 404 g/mol. The lowest BCUT2D eigenvalue weighted by Gasteiger charge is -2.16. The number of esters is 1. The van der Waals surface area contributed by atoms with E-state index in [1.165, 1.54) is 39.2 Å². The van der Waals surface area contributed by atoms with Crippen molar-refractivity contribution in [2.75, 3.05) is 19.4 Å². The van der Waals surface area contributed by atoms with Crippen molar-refractivity contribution in [3.63, 3.8) is 0 Å². The molecule has 1 amide bonds. The average molecular weight is 404 g/mol. The van der Waals surface area contributed by atoms with Crippen LogP contribution in [-0.4, -0.2) is 44.8 Å². The Morgan fingerprint density at radius 1 is 1.07 bits per heavy atom. The highest BCUT2D eigenvalue weighted by atomic mass is 32.2. The fraction of sp³-hybridized carbons (Fsp3) is 0.300. The first kappa shape index (κ1) is 21.6. The second kappa shape index (κ2) is 8.53. The Bertz CT molecular complexity index is 999. The number of amides is 1. The highest BCUT2D eigenvalue weighted by Gasteiger charge is 2.23. The number of nitrogens with one attached hydrogen (secondary N) is 1. The molecule has 1 atom stereocenters. The SMILES string of the molecule is Cc1cccc(NC(=O)[C@H](C)OC(=O)c2cc(S(=O)(=O)N(C)C)ccc2C)c1. The van der Waals surface area contributed by atoms with Crippen molar-refractivity contribution in [2.24, 2.45) is 0 Å². The third-order valence-electron chi connectivity index (χ3n) is 4.15. The molecule has 0 saturated carbocycles. The molecule has 0 aliphatic carbocycles. The highest BCUT2D eigenvalue weighted by molar-refractivity contribution is 7.89. The van der Waals surface area contributed by atoms with Gasteiger partial charge in [0.15, 0.2) is 6.10 Å². The molecule has 0 spiro atoms. The summed E-state index contributed by atoms with van der Waals surface area (Å²) in [7, 11) is -0.878.